The van der Waals surface area contributed by atoms with Gasteiger partial charge in [-0.15, -0.1) is 0 Å². The van der Waals surface area contributed by atoms with Crippen LogP contribution >= 0.6 is 15.9 Å². The average molecular weight is 360 g/mol. The topological polar surface area (TPSA) is 56.3 Å². The van der Waals surface area contributed by atoms with E-state index in [1.807, 2.05) is 0 Å². The summed E-state index contributed by atoms with van der Waals surface area (Å²) in [6.45, 7) is -0.0304. The molecule has 2 aromatic rings. The van der Waals surface area contributed by atoms with E-state index in [2.05, 4.69) is 20.9 Å². The molecule has 4 nitrogen and oxygen atoms in total. The lowest BCUT2D eigenvalue weighted by molar-refractivity contribution is 0.294. The van der Waals surface area contributed by atoms with Crippen molar-refractivity contribution in [3.63, 3.8) is 0 Å². The van der Waals surface area contributed by atoms with Gasteiger partial charge >= 0.3 is 0 Å². The number of ether oxygens (including phenoxy) is 1. The minimum Gasteiger partial charge on any atom is -0.487 e. The second-order valence-electron chi connectivity index (χ2n) is 4.11. The van der Waals surface area contributed by atoms with E-state index in [-0.39, 0.29) is 17.2 Å². The number of nitrogens with zero attached hydrogens (tertiary/aromatic N) is 1. The van der Waals surface area contributed by atoms with Crippen molar-refractivity contribution in [3.05, 3.63) is 52.5 Å². The summed E-state index contributed by atoms with van der Waals surface area (Å²) in [6.07, 6.45) is 2.61. The highest BCUT2D eigenvalue weighted by Gasteiger charge is 2.08. The van der Waals surface area contributed by atoms with Crippen LogP contribution in [-0.4, -0.2) is 19.7 Å². The van der Waals surface area contributed by atoms with Crippen molar-refractivity contribution in [3.8, 4) is 5.75 Å². The monoisotopic (exact) mass is 359 g/mol. The molecule has 0 bridgehead atoms. The molecule has 2 rings (SSSR count). The Hall–Kier alpha value is -1.47. The Morgan fingerprint density at radius 3 is 2.50 bits per heavy atom. The highest BCUT2D eigenvalue weighted by atomic mass is 79.9. The second kappa shape index (κ2) is 5.88. The van der Waals surface area contributed by atoms with Gasteiger partial charge in [0.25, 0.3) is 0 Å². The first-order valence-electron chi connectivity index (χ1n) is 5.59. The Labute approximate surface area is 124 Å². The molecule has 0 fully saturated rings. The molecular weight excluding hydrogens is 349 g/mol. The number of benzene rings is 1. The highest BCUT2D eigenvalue weighted by molar-refractivity contribution is 9.10. The zero-order chi connectivity index (χ0) is 14.8. The molecule has 0 unspecified atom stereocenters. The van der Waals surface area contributed by atoms with E-state index in [9.17, 15) is 12.8 Å². The number of hydrogen-bond donors (Lipinski definition) is 0. The molecule has 20 heavy (non-hydrogen) atoms. The maximum atomic E-state index is 13.5. The molecule has 0 aliphatic heterocycles. The van der Waals surface area contributed by atoms with Crippen molar-refractivity contribution in [1.82, 2.24) is 4.98 Å². The van der Waals surface area contributed by atoms with Gasteiger partial charge in [-0.05, 0) is 46.3 Å². The minimum atomic E-state index is -3.23. The predicted octanol–water partition coefficient (Wildman–Crippen LogP) is 2.97. The molecule has 0 amide bonds. The number of sulfone groups is 1. The largest absolute Gasteiger partial charge is 0.487 e. The zero-order valence-electron chi connectivity index (χ0n) is 10.5. The van der Waals surface area contributed by atoms with E-state index in [4.69, 9.17) is 4.74 Å². The Kier molecular flexibility index (Phi) is 4.39. The van der Waals surface area contributed by atoms with Crippen molar-refractivity contribution in [2.75, 3.05) is 6.26 Å². The highest BCUT2D eigenvalue weighted by Crippen LogP contribution is 2.18. The fraction of sp³-hybridized carbons (Fsp3) is 0.154. The molecule has 0 aliphatic rings. The third-order valence-corrected chi connectivity index (χ3v) is 4.07. The smallest absolute Gasteiger partial charge is 0.175 e. The van der Waals surface area contributed by atoms with Gasteiger partial charge in [-0.1, -0.05) is 0 Å². The zero-order valence-corrected chi connectivity index (χ0v) is 12.9. The van der Waals surface area contributed by atoms with Gasteiger partial charge < -0.3 is 4.74 Å². The van der Waals surface area contributed by atoms with Crippen molar-refractivity contribution < 1.29 is 17.5 Å². The molecule has 0 radical (unpaired) electrons. The Balaban J connectivity index is 2.08. The first kappa shape index (κ1) is 14.9. The fourth-order valence-electron chi connectivity index (χ4n) is 1.48. The van der Waals surface area contributed by atoms with Crippen molar-refractivity contribution in [2.24, 2.45) is 0 Å². The third kappa shape index (κ3) is 3.77. The van der Waals surface area contributed by atoms with Gasteiger partial charge in [-0.3, -0.25) is 4.98 Å². The van der Waals surface area contributed by atoms with Gasteiger partial charge in [0.1, 0.15) is 23.9 Å². The van der Waals surface area contributed by atoms with Crippen LogP contribution in [0, 0.1) is 5.82 Å². The number of pyridine rings is 1. The lowest BCUT2D eigenvalue weighted by Gasteiger charge is -2.07. The molecule has 1 aromatic carbocycles. The summed E-state index contributed by atoms with van der Waals surface area (Å²) >= 11 is 3.12. The molecule has 0 spiro atoms. The van der Waals surface area contributed by atoms with Crippen molar-refractivity contribution in [2.45, 2.75) is 11.5 Å². The molecule has 7 heteroatoms. The number of aromatic nitrogens is 1. The van der Waals surface area contributed by atoms with Crippen molar-refractivity contribution >= 4 is 25.8 Å². The van der Waals surface area contributed by atoms with E-state index in [1.165, 1.54) is 36.5 Å². The SMILES string of the molecule is CS(=O)(=O)c1ccc(OCc2ncc(Br)cc2F)cc1. The van der Waals surface area contributed by atoms with E-state index in [0.717, 1.165) is 6.26 Å². The van der Waals surface area contributed by atoms with E-state index >= 15 is 0 Å². The molecule has 0 saturated carbocycles. The van der Waals surface area contributed by atoms with Crippen LogP contribution in [0.4, 0.5) is 4.39 Å². The fourth-order valence-corrected chi connectivity index (χ4v) is 2.42. The summed E-state index contributed by atoms with van der Waals surface area (Å²) in [5.41, 5.74) is 0.181. The molecule has 0 atom stereocenters. The summed E-state index contributed by atoms with van der Waals surface area (Å²) < 4.78 is 42.0. The van der Waals surface area contributed by atoms with Gasteiger partial charge in [-0.2, -0.15) is 0 Å². The molecule has 0 saturated heterocycles. The summed E-state index contributed by atoms with van der Waals surface area (Å²) in [7, 11) is -3.23. The maximum Gasteiger partial charge on any atom is 0.175 e. The van der Waals surface area contributed by atoms with Crippen LogP contribution in [0.3, 0.4) is 0 Å². The van der Waals surface area contributed by atoms with Gasteiger partial charge in [0, 0.05) is 16.9 Å². The van der Waals surface area contributed by atoms with Crippen LogP contribution in [0.25, 0.3) is 0 Å². The standard InChI is InChI=1S/C13H11BrFNO3S/c1-20(17,18)11-4-2-10(3-5-11)19-8-13-12(15)6-9(14)7-16-13/h2-7H,8H2,1H3. The Bertz CT molecular complexity index is 717. The molecular formula is C13H11BrFNO3S. The number of hydrogen-bond acceptors (Lipinski definition) is 4. The normalized spacial score (nSPS) is 11.3. The van der Waals surface area contributed by atoms with Crippen LogP contribution in [0.1, 0.15) is 5.69 Å². The summed E-state index contributed by atoms with van der Waals surface area (Å²) in [4.78, 5) is 4.11. The Morgan fingerprint density at radius 2 is 1.95 bits per heavy atom. The van der Waals surface area contributed by atoms with E-state index in [1.54, 1.807) is 0 Å². The van der Waals surface area contributed by atoms with Crippen molar-refractivity contribution in [1.29, 1.82) is 0 Å². The van der Waals surface area contributed by atoms with Crippen LogP contribution in [-0.2, 0) is 16.4 Å². The van der Waals surface area contributed by atoms with Crippen LogP contribution in [0.15, 0.2) is 45.9 Å². The van der Waals surface area contributed by atoms with Crippen LogP contribution in [0.2, 0.25) is 0 Å². The first-order chi connectivity index (χ1) is 9.36. The van der Waals surface area contributed by atoms with Gasteiger partial charge in [0.15, 0.2) is 9.84 Å². The molecule has 1 heterocycles. The lowest BCUT2D eigenvalue weighted by atomic mass is 10.3. The summed E-state index contributed by atoms with van der Waals surface area (Å²) in [5, 5.41) is 0. The third-order valence-electron chi connectivity index (χ3n) is 2.51. The van der Waals surface area contributed by atoms with E-state index < -0.39 is 15.7 Å². The number of rotatable bonds is 4. The number of halogens is 2. The lowest BCUT2D eigenvalue weighted by Crippen LogP contribution is -2.02. The average Bonchev–Trinajstić information content (AvgIpc) is 2.37. The summed E-state index contributed by atoms with van der Waals surface area (Å²) in [6, 6.07) is 7.23. The molecule has 0 N–H and O–H groups in total. The molecule has 106 valence electrons. The molecule has 0 aliphatic carbocycles. The van der Waals surface area contributed by atoms with Gasteiger partial charge in [0.05, 0.1) is 4.90 Å². The van der Waals surface area contributed by atoms with Crippen LogP contribution < -0.4 is 4.74 Å². The van der Waals surface area contributed by atoms with Crippen LogP contribution in [0.5, 0.6) is 5.75 Å². The Morgan fingerprint density at radius 1 is 1.30 bits per heavy atom. The summed E-state index contributed by atoms with van der Waals surface area (Å²) in [5.74, 6) is -0.0198. The van der Waals surface area contributed by atoms with Gasteiger partial charge in [-0.25, -0.2) is 12.8 Å². The minimum absolute atomic E-state index is 0.0304. The van der Waals surface area contributed by atoms with Gasteiger partial charge in [0.2, 0.25) is 0 Å². The quantitative estimate of drug-likeness (QED) is 0.841. The van der Waals surface area contributed by atoms with E-state index in [0.29, 0.717) is 10.2 Å². The predicted molar refractivity (Wildman–Crippen MR) is 75.8 cm³/mol. The maximum absolute atomic E-state index is 13.5. The molecule has 1 aromatic heterocycles. The first-order valence-corrected chi connectivity index (χ1v) is 8.27. The second-order valence-corrected chi connectivity index (χ2v) is 7.05.